The van der Waals surface area contributed by atoms with Gasteiger partial charge in [0.05, 0.1) is 0 Å². The van der Waals surface area contributed by atoms with Crippen molar-refractivity contribution >= 4 is 0 Å². The van der Waals surface area contributed by atoms with E-state index in [1.54, 1.807) is 6.07 Å². The molecule has 1 aromatic rings. The molecule has 2 rings (SSSR count). The molecule has 94 valence electrons. The number of nitrogens with zero attached hydrogens (tertiary/aromatic N) is 1. The molecule has 17 heavy (non-hydrogen) atoms. The molecule has 0 spiro atoms. The summed E-state index contributed by atoms with van der Waals surface area (Å²) in [6.07, 6.45) is 1.12. The maximum Gasteiger partial charge on any atom is 0.115 e. The summed E-state index contributed by atoms with van der Waals surface area (Å²) in [7, 11) is 0. The molecule has 1 atom stereocenters. The van der Waals surface area contributed by atoms with Crippen molar-refractivity contribution in [1.82, 2.24) is 10.2 Å². The zero-order valence-electron chi connectivity index (χ0n) is 10.5. The summed E-state index contributed by atoms with van der Waals surface area (Å²) in [6.45, 7) is 7.77. The number of hydrogen-bond donors (Lipinski definition) is 2. The summed E-state index contributed by atoms with van der Waals surface area (Å²) in [4.78, 5) is 2.51. The van der Waals surface area contributed by atoms with Gasteiger partial charge >= 0.3 is 0 Å². The Hall–Kier alpha value is -1.06. The van der Waals surface area contributed by atoms with Gasteiger partial charge in [-0.25, -0.2) is 0 Å². The van der Waals surface area contributed by atoms with Crippen molar-refractivity contribution < 1.29 is 5.11 Å². The van der Waals surface area contributed by atoms with Crippen LogP contribution in [0.3, 0.4) is 0 Å². The lowest BCUT2D eigenvalue weighted by Crippen LogP contribution is -2.44. The van der Waals surface area contributed by atoms with E-state index in [4.69, 9.17) is 0 Å². The summed E-state index contributed by atoms with van der Waals surface area (Å²) in [5, 5.41) is 12.9. The van der Waals surface area contributed by atoms with Gasteiger partial charge in [-0.3, -0.25) is 0 Å². The fourth-order valence-electron chi connectivity index (χ4n) is 2.45. The third-order valence-corrected chi connectivity index (χ3v) is 3.52. The van der Waals surface area contributed by atoms with Gasteiger partial charge in [-0.1, -0.05) is 19.1 Å². The molecule has 1 saturated heterocycles. The fourth-order valence-corrected chi connectivity index (χ4v) is 2.45. The molecule has 3 heteroatoms. The van der Waals surface area contributed by atoms with E-state index in [1.165, 1.54) is 5.56 Å². The SMILES string of the molecule is CCC(CN1CCNCC1)c1cccc(O)c1. The van der Waals surface area contributed by atoms with E-state index < -0.39 is 0 Å². The normalized spacial score (nSPS) is 19.1. The molecule has 0 radical (unpaired) electrons. The summed E-state index contributed by atoms with van der Waals surface area (Å²) in [5.41, 5.74) is 1.26. The van der Waals surface area contributed by atoms with Crippen LogP contribution in [0.2, 0.25) is 0 Å². The third-order valence-electron chi connectivity index (χ3n) is 3.52. The maximum absolute atomic E-state index is 9.54. The molecular weight excluding hydrogens is 212 g/mol. The minimum atomic E-state index is 0.376. The number of hydrogen-bond acceptors (Lipinski definition) is 3. The quantitative estimate of drug-likeness (QED) is 0.834. The van der Waals surface area contributed by atoms with Crippen LogP contribution in [0.5, 0.6) is 5.75 Å². The van der Waals surface area contributed by atoms with Crippen LogP contribution < -0.4 is 5.32 Å². The number of phenolic OH excluding ortho intramolecular Hbond substituents is 1. The first-order valence-corrected chi connectivity index (χ1v) is 6.51. The van der Waals surface area contributed by atoms with Gasteiger partial charge in [0, 0.05) is 32.7 Å². The molecule has 0 saturated carbocycles. The molecular formula is C14H22N2O. The van der Waals surface area contributed by atoms with Gasteiger partial charge < -0.3 is 15.3 Å². The van der Waals surface area contributed by atoms with Gasteiger partial charge in [0.15, 0.2) is 0 Å². The maximum atomic E-state index is 9.54. The average Bonchev–Trinajstić information content (AvgIpc) is 2.37. The van der Waals surface area contributed by atoms with Gasteiger partial charge in [0.1, 0.15) is 5.75 Å². The molecule has 1 fully saturated rings. The van der Waals surface area contributed by atoms with Gasteiger partial charge in [-0.2, -0.15) is 0 Å². The number of piperazine rings is 1. The lowest BCUT2D eigenvalue weighted by Gasteiger charge is -2.30. The highest BCUT2D eigenvalue weighted by Crippen LogP contribution is 2.24. The predicted octanol–water partition coefficient (Wildman–Crippen LogP) is 1.79. The van der Waals surface area contributed by atoms with Gasteiger partial charge in [-0.15, -0.1) is 0 Å². The molecule has 0 bridgehead atoms. The van der Waals surface area contributed by atoms with Crippen molar-refractivity contribution in [2.45, 2.75) is 19.3 Å². The lowest BCUT2D eigenvalue weighted by atomic mass is 9.95. The van der Waals surface area contributed by atoms with Crippen LogP contribution in [0, 0.1) is 0 Å². The Morgan fingerprint density at radius 3 is 2.76 bits per heavy atom. The topological polar surface area (TPSA) is 35.5 Å². The van der Waals surface area contributed by atoms with Crippen molar-refractivity contribution in [2.24, 2.45) is 0 Å². The summed E-state index contributed by atoms with van der Waals surface area (Å²) in [5.74, 6) is 0.904. The molecule has 0 aliphatic carbocycles. The van der Waals surface area contributed by atoms with Gasteiger partial charge in [0.2, 0.25) is 0 Å². The molecule has 0 amide bonds. The van der Waals surface area contributed by atoms with Crippen LogP contribution in [0.1, 0.15) is 24.8 Å². The van der Waals surface area contributed by atoms with Crippen LogP contribution >= 0.6 is 0 Å². The van der Waals surface area contributed by atoms with Crippen LogP contribution in [-0.2, 0) is 0 Å². The highest BCUT2D eigenvalue weighted by Gasteiger charge is 2.16. The molecule has 0 aromatic heterocycles. The van der Waals surface area contributed by atoms with Crippen molar-refractivity contribution in [1.29, 1.82) is 0 Å². The minimum Gasteiger partial charge on any atom is -0.508 e. The second kappa shape index (κ2) is 6.03. The molecule has 1 aromatic carbocycles. The number of phenols is 1. The Labute approximate surface area is 103 Å². The number of nitrogens with one attached hydrogen (secondary N) is 1. The number of rotatable bonds is 4. The van der Waals surface area contributed by atoms with E-state index in [1.807, 2.05) is 12.1 Å². The molecule has 1 aliphatic rings. The van der Waals surface area contributed by atoms with E-state index in [0.717, 1.165) is 39.1 Å². The van der Waals surface area contributed by atoms with Crippen LogP contribution in [0.15, 0.2) is 24.3 Å². The number of benzene rings is 1. The van der Waals surface area contributed by atoms with E-state index in [-0.39, 0.29) is 0 Å². The Morgan fingerprint density at radius 2 is 2.12 bits per heavy atom. The van der Waals surface area contributed by atoms with Crippen LogP contribution in [-0.4, -0.2) is 42.7 Å². The van der Waals surface area contributed by atoms with E-state index >= 15 is 0 Å². The highest BCUT2D eigenvalue weighted by atomic mass is 16.3. The lowest BCUT2D eigenvalue weighted by molar-refractivity contribution is 0.225. The van der Waals surface area contributed by atoms with Crippen LogP contribution in [0.25, 0.3) is 0 Å². The Kier molecular flexibility index (Phi) is 4.40. The van der Waals surface area contributed by atoms with Gasteiger partial charge in [0.25, 0.3) is 0 Å². The first-order chi connectivity index (χ1) is 8.29. The molecule has 1 unspecified atom stereocenters. The standard InChI is InChI=1S/C14H22N2O/c1-2-12(11-16-8-6-15-7-9-16)13-4-3-5-14(17)10-13/h3-5,10,12,15,17H,2,6-9,11H2,1H3. The zero-order chi connectivity index (χ0) is 12.1. The molecule has 1 heterocycles. The van der Waals surface area contributed by atoms with E-state index in [2.05, 4.69) is 23.2 Å². The van der Waals surface area contributed by atoms with E-state index in [0.29, 0.717) is 11.7 Å². The van der Waals surface area contributed by atoms with Crippen molar-refractivity contribution in [3.05, 3.63) is 29.8 Å². The summed E-state index contributed by atoms with van der Waals surface area (Å²) < 4.78 is 0. The second-order valence-corrected chi connectivity index (χ2v) is 4.75. The Morgan fingerprint density at radius 1 is 1.35 bits per heavy atom. The first-order valence-electron chi connectivity index (χ1n) is 6.51. The predicted molar refractivity (Wildman–Crippen MR) is 70.4 cm³/mol. The van der Waals surface area contributed by atoms with Crippen molar-refractivity contribution in [3.8, 4) is 5.75 Å². The van der Waals surface area contributed by atoms with Crippen LogP contribution in [0.4, 0.5) is 0 Å². The summed E-state index contributed by atoms with van der Waals surface area (Å²) in [6, 6.07) is 7.69. The number of aromatic hydroxyl groups is 1. The fraction of sp³-hybridized carbons (Fsp3) is 0.571. The van der Waals surface area contributed by atoms with Crippen molar-refractivity contribution in [3.63, 3.8) is 0 Å². The highest BCUT2D eigenvalue weighted by molar-refractivity contribution is 5.29. The minimum absolute atomic E-state index is 0.376. The molecule has 2 N–H and O–H groups in total. The van der Waals surface area contributed by atoms with Crippen molar-refractivity contribution in [2.75, 3.05) is 32.7 Å². The largest absolute Gasteiger partial charge is 0.508 e. The molecule has 3 nitrogen and oxygen atoms in total. The first kappa shape index (κ1) is 12.4. The monoisotopic (exact) mass is 234 g/mol. The second-order valence-electron chi connectivity index (χ2n) is 4.75. The summed E-state index contributed by atoms with van der Waals surface area (Å²) >= 11 is 0. The zero-order valence-corrected chi connectivity index (χ0v) is 10.5. The Bertz CT molecular complexity index is 348. The Balaban J connectivity index is 2.00. The van der Waals surface area contributed by atoms with Gasteiger partial charge in [-0.05, 0) is 30.0 Å². The molecule has 1 aliphatic heterocycles. The third kappa shape index (κ3) is 3.45. The average molecular weight is 234 g/mol. The van der Waals surface area contributed by atoms with E-state index in [9.17, 15) is 5.11 Å². The smallest absolute Gasteiger partial charge is 0.115 e.